The average Bonchev–Trinajstić information content (AvgIpc) is 3.51. The molecule has 1 aliphatic rings. The Bertz CT molecular complexity index is 1280. The molecule has 0 saturated heterocycles. The molecule has 3 heterocycles. The zero-order valence-corrected chi connectivity index (χ0v) is 20.1. The first kappa shape index (κ1) is 22.2. The molecule has 0 aliphatic heterocycles. The van der Waals surface area contributed by atoms with E-state index in [4.69, 9.17) is 9.15 Å². The van der Waals surface area contributed by atoms with E-state index in [1.807, 2.05) is 30.5 Å². The van der Waals surface area contributed by atoms with Crippen molar-refractivity contribution in [1.82, 2.24) is 4.98 Å². The first-order chi connectivity index (χ1) is 16.6. The van der Waals surface area contributed by atoms with Crippen molar-refractivity contribution in [2.24, 2.45) is 0 Å². The molecule has 0 bridgehead atoms. The molecular weight excluding hydrogens is 446 g/mol. The zero-order chi connectivity index (χ0) is 23.5. The second-order valence-corrected chi connectivity index (χ2v) is 9.56. The topological polar surface area (TPSA) is 76.4 Å². The Morgan fingerprint density at radius 1 is 1.15 bits per heavy atom. The van der Waals surface area contributed by atoms with Crippen LogP contribution >= 0.6 is 11.3 Å². The highest BCUT2D eigenvalue weighted by molar-refractivity contribution is 7.16. The molecule has 5 rings (SSSR count). The number of thiophene rings is 1. The third kappa shape index (κ3) is 4.56. The Balaban J connectivity index is 1.61. The summed E-state index contributed by atoms with van der Waals surface area (Å²) < 4.78 is 10.7. The van der Waals surface area contributed by atoms with E-state index in [-0.39, 0.29) is 11.9 Å². The molecule has 4 aromatic rings. The Morgan fingerprint density at radius 2 is 1.97 bits per heavy atom. The monoisotopic (exact) mass is 473 g/mol. The van der Waals surface area contributed by atoms with Gasteiger partial charge in [-0.25, -0.2) is 4.98 Å². The van der Waals surface area contributed by atoms with Crippen molar-refractivity contribution in [3.63, 3.8) is 0 Å². The van der Waals surface area contributed by atoms with Crippen molar-refractivity contribution in [3.8, 4) is 5.75 Å². The minimum absolute atomic E-state index is 0.190. The molecule has 3 aromatic heterocycles. The lowest BCUT2D eigenvalue weighted by Crippen LogP contribution is -2.18. The minimum atomic E-state index is -0.244. The summed E-state index contributed by atoms with van der Waals surface area (Å²) in [5.74, 6) is 1.65. The molecule has 7 heteroatoms. The molecule has 1 atom stereocenters. The Morgan fingerprint density at radius 3 is 2.71 bits per heavy atom. The van der Waals surface area contributed by atoms with Crippen LogP contribution in [0.5, 0.6) is 5.75 Å². The van der Waals surface area contributed by atoms with Crippen molar-refractivity contribution in [2.75, 3.05) is 17.7 Å². The lowest BCUT2D eigenvalue weighted by atomic mass is 9.89. The van der Waals surface area contributed by atoms with Gasteiger partial charge >= 0.3 is 0 Å². The number of aromatic nitrogens is 1. The van der Waals surface area contributed by atoms with Gasteiger partial charge in [-0.1, -0.05) is 12.1 Å². The largest absolute Gasteiger partial charge is 0.497 e. The van der Waals surface area contributed by atoms with Gasteiger partial charge in [-0.05, 0) is 85.7 Å². The van der Waals surface area contributed by atoms with Crippen LogP contribution in [0.4, 0.5) is 10.8 Å². The molecule has 0 saturated carbocycles. The van der Waals surface area contributed by atoms with Crippen molar-refractivity contribution < 1.29 is 13.9 Å². The Kier molecular flexibility index (Phi) is 6.36. The summed E-state index contributed by atoms with van der Waals surface area (Å²) in [6.45, 7) is 2.05. The quantitative estimate of drug-likeness (QED) is 0.325. The molecule has 0 spiro atoms. The van der Waals surface area contributed by atoms with E-state index in [1.165, 1.54) is 23.1 Å². The van der Waals surface area contributed by atoms with Crippen LogP contribution < -0.4 is 15.4 Å². The lowest BCUT2D eigenvalue weighted by molar-refractivity contribution is 0.0997. The Labute approximate surface area is 203 Å². The van der Waals surface area contributed by atoms with Crippen LogP contribution in [-0.4, -0.2) is 18.0 Å². The van der Waals surface area contributed by atoms with Gasteiger partial charge in [0.2, 0.25) is 0 Å². The highest BCUT2D eigenvalue weighted by Crippen LogP contribution is 2.44. The normalized spacial score (nSPS) is 13.7. The third-order valence-electron chi connectivity index (χ3n) is 6.13. The third-order valence-corrected chi connectivity index (χ3v) is 7.35. The first-order valence-corrected chi connectivity index (χ1v) is 12.3. The van der Waals surface area contributed by atoms with Crippen molar-refractivity contribution >= 4 is 28.1 Å². The van der Waals surface area contributed by atoms with E-state index >= 15 is 0 Å². The van der Waals surface area contributed by atoms with Gasteiger partial charge in [0.15, 0.2) is 5.76 Å². The molecule has 2 N–H and O–H groups in total. The highest BCUT2D eigenvalue weighted by Gasteiger charge is 2.29. The van der Waals surface area contributed by atoms with Gasteiger partial charge in [-0.3, -0.25) is 4.79 Å². The number of aryl methyl sites for hydroxylation is 2. The molecule has 6 nitrogen and oxygen atoms in total. The fourth-order valence-electron chi connectivity index (χ4n) is 4.44. The molecule has 34 heavy (non-hydrogen) atoms. The standard InChI is InChI=1S/C27H27N3O3S/c1-17-13-14-28-23(16-17)29-25(18-9-11-19(32-2)12-10-18)24-20-6-3-4-8-22(20)34-27(24)30-26(31)21-7-5-15-33-21/h5,7,9-16,25H,3-4,6,8H2,1-2H3,(H,28,29)(H,30,31)/t25-/m1/s1. The molecule has 1 aromatic carbocycles. The summed E-state index contributed by atoms with van der Waals surface area (Å²) in [6.07, 6.45) is 7.65. The fraction of sp³-hybridized carbons (Fsp3) is 0.259. The van der Waals surface area contributed by atoms with E-state index in [0.717, 1.165) is 52.5 Å². The van der Waals surface area contributed by atoms with Crippen LogP contribution in [0.2, 0.25) is 0 Å². The van der Waals surface area contributed by atoms with Gasteiger partial charge in [0.1, 0.15) is 16.6 Å². The molecular formula is C27H27N3O3S. The van der Waals surface area contributed by atoms with Gasteiger partial charge < -0.3 is 19.8 Å². The zero-order valence-electron chi connectivity index (χ0n) is 19.3. The summed E-state index contributed by atoms with van der Waals surface area (Å²) in [6, 6.07) is 15.3. The summed E-state index contributed by atoms with van der Waals surface area (Å²) in [7, 11) is 1.67. The smallest absolute Gasteiger partial charge is 0.291 e. The predicted octanol–water partition coefficient (Wildman–Crippen LogP) is 6.39. The number of hydrogen-bond donors (Lipinski definition) is 2. The fourth-order valence-corrected chi connectivity index (χ4v) is 5.77. The lowest BCUT2D eigenvalue weighted by Gasteiger charge is -2.24. The number of rotatable bonds is 7. The number of hydrogen-bond acceptors (Lipinski definition) is 6. The molecule has 1 aliphatic carbocycles. The number of amides is 1. The second kappa shape index (κ2) is 9.73. The van der Waals surface area contributed by atoms with Crippen molar-refractivity contribution in [1.29, 1.82) is 0 Å². The van der Waals surface area contributed by atoms with Gasteiger partial charge in [-0.2, -0.15) is 0 Å². The maximum atomic E-state index is 12.9. The van der Waals surface area contributed by atoms with Crippen LogP contribution in [0.15, 0.2) is 65.4 Å². The first-order valence-electron chi connectivity index (χ1n) is 11.4. The number of fused-ring (bicyclic) bond motifs is 1. The van der Waals surface area contributed by atoms with Crippen LogP contribution in [0.1, 0.15) is 56.6 Å². The van der Waals surface area contributed by atoms with Crippen molar-refractivity contribution in [3.05, 3.63) is 93.9 Å². The summed E-state index contributed by atoms with van der Waals surface area (Å²) >= 11 is 1.67. The number of nitrogens with zero attached hydrogens (tertiary/aromatic N) is 1. The average molecular weight is 474 g/mol. The van der Waals surface area contributed by atoms with Gasteiger partial charge in [0, 0.05) is 16.6 Å². The van der Waals surface area contributed by atoms with E-state index < -0.39 is 0 Å². The number of methoxy groups -OCH3 is 1. The predicted molar refractivity (Wildman–Crippen MR) is 135 cm³/mol. The second-order valence-electron chi connectivity index (χ2n) is 8.45. The van der Waals surface area contributed by atoms with Gasteiger partial charge in [0.25, 0.3) is 5.91 Å². The van der Waals surface area contributed by atoms with Gasteiger partial charge in [-0.15, -0.1) is 11.3 Å². The maximum absolute atomic E-state index is 12.9. The highest BCUT2D eigenvalue weighted by atomic mass is 32.1. The van der Waals surface area contributed by atoms with Crippen LogP contribution in [0, 0.1) is 6.92 Å². The van der Waals surface area contributed by atoms with Crippen molar-refractivity contribution in [2.45, 2.75) is 38.6 Å². The van der Waals surface area contributed by atoms with E-state index in [9.17, 15) is 4.79 Å². The number of nitrogens with one attached hydrogen (secondary N) is 2. The molecule has 0 fully saturated rings. The number of carbonyl (C=O) groups is 1. The minimum Gasteiger partial charge on any atom is -0.497 e. The van der Waals surface area contributed by atoms with E-state index in [1.54, 1.807) is 30.6 Å². The van der Waals surface area contributed by atoms with E-state index in [0.29, 0.717) is 5.76 Å². The van der Waals surface area contributed by atoms with Crippen LogP contribution in [0.3, 0.4) is 0 Å². The number of pyridine rings is 1. The van der Waals surface area contributed by atoms with Crippen LogP contribution in [-0.2, 0) is 12.8 Å². The molecule has 0 radical (unpaired) electrons. The summed E-state index contributed by atoms with van der Waals surface area (Å²) in [4.78, 5) is 18.8. The molecule has 1 amide bonds. The maximum Gasteiger partial charge on any atom is 0.291 e. The number of benzene rings is 1. The Hall–Kier alpha value is -3.58. The number of anilines is 2. The van der Waals surface area contributed by atoms with E-state index in [2.05, 4.69) is 34.7 Å². The number of furan rings is 1. The number of ether oxygens (including phenoxy) is 1. The molecule has 0 unspecified atom stereocenters. The van der Waals surface area contributed by atoms with Gasteiger partial charge in [0.05, 0.1) is 19.4 Å². The number of carbonyl (C=O) groups excluding carboxylic acids is 1. The summed E-state index contributed by atoms with van der Waals surface area (Å²) in [5, 5.41) is 7.65. The summed E-state index contributed by atoms with van der Waals surface area (Å²) in [5.41, 5.74) is 4.63. The molecule has 174 valence electrons. The SMILES string of the molecule is COc1ccc([C@@H](Nc2cc(C)ccn2)c2c(NC(=O)c3ccco3)sc3c2CCCC3)cc1. The van der Waals surface area contributed by atoms with Crippen LogP contribution in [0.25, 0.3) is 0 Å².